The second-order valence-corrected chi connectivity index (χ2v) is 3.83. The van der Waals surface area contributed by atoms with E-state index in [0.717, 1.165) is 18.2 Å². The molecule has 0 radical (unpaired) electrons. The molecule has 1 aromatic carbocycles. The van der Waals surface area contributed by atoms with Crippen LogP contribution in [-0.2, 0) is 0 Å². The smallest absolute Gasteiger partial charge is 0.339 e. The molecule has 100 valence electrons. The fourth-order valence-electron chi connectivity index (χ4n) is 1.68. The van der Waals surface area contributed by atoms with Crippen molar-refractivity contribution in [1.29, 1.82) is 0 Å². The van der Waals surface area contributed by atoms with E-state index in [-0.39, 0.29) is 17.2 Å². The Morgan fingerprint density at radius 1 is 1.30 bits per heavy atom. The molecule has 0 fully saturated rings. The van der Waals surface area contributed by atoms with Gasteiger partial charge >= 0.3 is 5.97 Å². The Hall–Kier alpha value is -3.03. The molecule has 0 saturated heterocycles. The van der Waals surface area contributed by atoms with Gasteiger partial charge in [-0.3, -0.25) is 0 Å². The van der Waals surface area contributed by atoms with E-state index in [1.54, 1.807) is 0 Å². The zero-order chi connectivity index (χ0) is 14.1. The highest BCUT2D eigenvalue weighted by atomic mass is 19.1. The second-order valence-electron chi connectivity index (χ2n) is 3.83. The Bertz CT molecular complexity index is 802. The molecule has 0 unspecified atom stereocenters. The summed E-state index contributed by atoms with van der Waals surface area (Å²) in [5.74, 6) is -1.91. The minimum Gasteiger partial charge on any atom is -0.478 e. The summed E-state index contributed by atoms with van der Waals surface area (Å²) in [6.45, 7) is 0. The van der Waals surface area contributed by atoms with Crippen LogP contribution >= 0.6 is 0 Å². The van der Waals surface area contributed by atoms with Gasteiger partial charge in [0, 0.05) is 6.07 Å². The maximum atomic E-state index is 13.2. The van der Waals surface area contributed by atoms with E-state index >= 15 is 0 Å². The fraction of sp³-hybridized carbons (Fsp3) is 0. The van der Waals surface area contributed by atoms with Crippen molar-refractivity contribution < 1.29 is 19.0 Å². The van der Waals surface area contributed by atoms with Crippen LogP contribution in [0.15, 0.2) is 30.9 Å². The predicted molar refractivity (Wildman–Crippen MR) is 65.1 cm³/mol. The van der Waals surface area contributed by atoms with E-state index in [0.29, 0.717) is 11.2 Å². The van der Waals surface area contributed by atoms with E-state index in [2.05, 4.69) is 19.9 Å². The van der Waals surface area contributed by atoms with Gasteiger partial charge in [0.2, 0.25) is 5.88 Å². The molecule has 2 aromatic heterocycles. The Labute approximate surface area is 111 Å². The van der Waals surface area contributed by atoms with Crippen molar-refractivity contribution in [2.24, 2.45) is 0 Å². The first-order valence-corrected chi connectivity index (χ1v) is 5.50. The van der Waals surface area contributed by atoms with Crippen molar-refractivity contribution in [2.75, 3.05) is 0 Å². The molecule has 0 aliphatic rings. The molecule has 0 aliphatic heterocycles. The summed E-state index contributed by atoms with van der Waals surface area (Å²) in [5.41, 5.74) is 0.592. The number of ether oxygens (including phenoxy) is 1. The molecule has 7 nitrogen and oxygen atoms in total. The van der Waals surface area contributed by atoms with Crippen molar-refractivity contribution in [3.8, 4) is 11.6 Å². The molecule has 8 heteroatoms. The van der Waals surface area contributed by atoms with Crippen molar-refractivity contribution in [3.63, 3.8) is 0 Å². The number of nitrogens with zero attached hydrogens (tertiary/aromatic N) is 3. The van der Waals surface area contributed by atoms with Gasteiger partial charge in [0.25, 0.3) is 0 Å². The number of fused-ring (bicyclic) bond motifs is 1. The van der Waals surface area contributed by atoms with E-state index in [4.69, 9.17) is 9.84 Å². The summed E-state index contributed by atoms with van der Waals surface area (Å²) in [6.07, 6.45) is 2.62. The minimum atomic E-state index is -1.23. The van der Waals surface area contributed by atoms with Crippen LogP contribution in [0.2, 0.25) is 0 Å². The number of carbonyl (C=O) groups is 1. The molecule has 20 heavy (non-hydrogen) atoms. The van der Waals surface area contributed by atoms with Crippen molar-refractivity contribution in [2.45, 2.75) is 0 Å². The molecule has 0 spiro atoms. The zero-order valence-electron chi connectivity index (χ0n) is 9.87. The lowest BCUT2D eigenvalue weighted by molar-refractivity contribution is 0.0694. The Balaban J connectivity index is 2.09. The average Bonchev–Trinajstić information content (AvgIpc) is 2.88. The van der Waals surface area contributed by atoms with Crippen LogP contribution in [0, 0.1) is 5.82 Å². The van der Waals surface area contributed by atoms with Crippen LogP contribution in [0.3, 0.4) is 0 Å². The molecule has 2 N–H and O–H groups in total. The lowest BCUT2D eigenvalue weighted by Gasteiger charge is -2.08. The lowest BCUT2D eigenvalue weighted by Crippen LogP contribution is -2.01. The third-order valence-electron chi connectivity index (χ3n) is 2.57. The number of benzene rings is 1. The van der Waals surface area contributed by atoms with Gasteiger partial charge in [-0.15, -0.1) is 0 Å². The molecular formula is C12H7FN4O3. The number of rotatable bonds is 3. The minimum absolute atomic E-state index is 0.0700. The predicted octanol–water partition coefficient (Wildman–Crippen LogP) is 1.98. The summed E-state index contributed by atoms with van der Waals surface area (Å²) < 4.78 is 18.6. The summed E-state index contributed by atoms with van der Waals surface area (Å²) in [6, 6.07) is 3.15. The second kappa shape index (κ2) is 4.57. The van der Waals surface area contributed by atoms with Crippen molar-refractivity contribution in [1.82, 2.24) is 19.9 Å². The molecule has 0 amide bonds. The van der Waals surface area contributed by atoms with E-state index in [9.17, 15) is 9.18 Å². The van der Waals surface area contributed by atoms with Crippen molar-refractivity contribution >= 4 is 17.1 Å². The maximum absolute atomic E-state index is 13.2. The molecule has 0 aliphatic carbocycles. The summed E-state index contributed by atoms with van der Waals surface area (Å²) in [4.78, 5) is 25.5. The number of aromatic amines is 1. The first kappa shape index (κ1) is 12.0. The van der Waals surface area contributed by atoms with Gasteiger partial charge in [0.05, 0.1) is 6.33 Å². The number of aromatic carboxylic acids is 1. The number of aromatic nitrogens is 4. The highest BCUT2D eigenvalue weighted by molar-refractivity contribution is 5.91. The SMILES string of the molecule is O=C(O)c1ccc(F)cc1Oc1ncnc2nc[nH]c12. The van der Waals surface area contributed by atoms with Gasteiger partial charge in [0.15, 0.2) is 5.65 Å². The third-order valence-corrected chi connectivity index (χ3v) is 2.57. The van der Waals surface area contributed by atoms with Crippen molar-refractivity contribution in [3.05, 3.63) is 42.2 Å². The molecule has 3 rings (SSSR count). The van der Waals surface area contributed by atoms with Crippen LogP contribution in [0.25, 0.3) is 11.2 Å². The molecule has 0 saturated carbocycles. The monoisotopic (exact) mass is 274 g/mol. The Morgan fingerprint density at radius 2 is 2.15 bits per heavy atom. The standard InChI is InChI=1S/C12H7FN4O3/c13-6-1-2-7(12(18)19)8(3-6)20-11-9-10(15-4-14-9)16-5-17-11/h1-5H,(H,18,19)(H,14,15,16,17). The largest absolute Gasteiger partial charge is 0.478 e. The number of halogens is 1. The summed E-state index contributed by atoms with van der Waals surface area (Å²) >= 11 is 0. The van der Waals surface area contributed by atoms with E-state index in [1.165, 1.54) is 12.7 Å². The molecule has 3 aromatic rings. The van der Waals surface area contributed by atoms with Gasteiger partial charge in [-0.05, 0) is 12.1 Å². The maximum Gasteiger partial charge on any atom is 0.339 e. The average molecular weight is 274 g/mol. The fourth-order valence-corrected chi connectivity index (χ4v) is 1.68. The summed E-state index contributed by atoms with van der Waals surface area (Å²) in [5, 5.41) is 9.05. The Kier molecular flexibility index (Phi) is 2.75. The Morgan fingerprint density at radius 3 is 2.95 bits per heavy atom. The number of carboxylic acids is 1. The van der Waals surface area contributed by atoms with Crippen LogP contribution in [0.1, 0.15) is 10.4 Å². The normalized spacial score (nSPS) is 10.7. The molecule has 0 bridgehead atoms. The third kappa shape index (κ3) is 2.03. The first-order chi connectivity index (χ1) is 9.65. The summed E-state index contributed by atoms with van der Waals surface area (Å²) in [7, 11) is 0. The van der Waals surface area contributed by atoms with Crippen LogP contribution in [0.4, 0.5) is 4.39 Å². The van der Waals surface area contributed by atoms with Gasteiger partial charge in [0.1, 0.15) is 29.0 Å². The van der Waals surface area contributed by atoms with Gasteiger partial charge in [-0.2, -0.15) is 4.98 Å². The topological polar surface area (TPSA) is 101 Å². The van der Waals surface area contributed by atoms with E-state index < -0.39 is 11.8 Å². The van der Waals surface area contributed by atoms with E-state index in [1.807, 2.05) is 0 Å². The quantitative estimate of drug-likeness (QED) is 0.757. The number of imidazole rings is 1. The number of H-pyrrole nitrogens is 1. The highest BCUT2D eigenvalue weighted by Gasteiger charge is 2.15. The van der Waals surface area contributed by atoms with Crippen LogP contribution in [-0.4, -0.2) is 31.0 Å². The molecule has 2 heterocycles. The van der Waals surface area contributed by atoms with Gasteiger partial charge < -0.3 is 14.8 Å². The van der Waals surface area contributed by atoms with Crippen LogP contribution in [0.5, 0.6) is 11.6 Å². The first-order valence-electron chi connectivity index (χ1n) is 5.50. The number of hydrogen-bond acceptors (Lipinski definition) is 5. The lowest BCUT2D eigenvalue weighted by atomic mass is 10.2. The highest BCUT2D eigenvalue weighted by Crippen LogP contribution is 2.28. The molecular weight excluding hydrogens is 267 g/mol. The number of hydrogen-bond donors (Lipinski definition) is 2. The number of nitrogens with one attached hydrogen (secondary N) is 1. The zero-order valence-corrected chi connectivity index (χ0v) is 9.87. The number of carboxylic acid groups (broad SMARTS) is 1. The van der Waals surface area contributed by atoms with Gasteiger partial charge in [-0.25, -0.2) is 19.2 Å². The van der Waals surface area contributed by atoms with Gasteiger partial charge in [-0.1, -0.05) is 0 Å². The molecule has 0 atom stereocenters. The van der Waals surface area contributed by atoms with Crippen LogP contribution < -0.4 is 4.74 Å².